The van der Waals surface area contributed by atoms with E-state index in [-0.39, 0.29) is 11.9 Å². The molecule has 7 nitrogen and oxygen atoms in total. The van der Waals surface area contributed by atoms with Gasteiger partial charge in [0.25, 0.3) is 0 Å². The van der Waals surface area contributed by atoms with Crippen LogP contribution in [-0.4, -0.2) is 58.9 Å². The Kier molecular flexibility index (Phi) is 6.23. The van der Waals surface area contributed by atoms with Gasteiger partial charge in [-0.2, -0.15) is 0 Å². The van der Waals surface area contributed by atoms with E-state index < -0.39 is 0 Å². The molecule has 176 valence electrons. The maximum absolute atomic E-state index is 12.0. The van der Waals surface area contributed by atoms with Gasteiger partial charge in [0.15, 0.2) is 0 Å². The molecule has 2 aromatic rings. The minimum Gasteiger partial charge on any atom is -0.373 e. The number of anilines is 2. The number of hydrogen-bond donors (Lipinski definition) is 1. The minimum atomic E-state index is 0.113. The monoisotopic (exact) mass is 448 g/mol. The molecule has 0 bridgehead atoms. The number of aromatic nitrogens is 2. The molecule has 0 aliphatic carbocycles. The van der Waals surface area contributed by atoms with Gasteiger partial charge in [-0.3, -0.25) is 9.69 Å². The molecular weight excluding hydrogens is 412 g/mol. The number of carbonyl (C=O) groups excluding carboxylic acids is 1. The van der Waals surface area contributed by atoms with Crippen LogP contribution < -0.4 is 10.2 Å². The number of nitrogens with one attached hydrogen (secondary N) is 1. The fourth-order valence-corrected chi connectivity index (χ4v) is 5.75. The fourth-order valence-electron chi connectivity index (χ4n) is 5.75. The van der Waals surface area contributed by atoms with Crippen molar-refractivity contribution in [2.24, 2.45) is 0 Å². The van der Waals surface area contributed by atoms with E-state index in [1.54, 1.807) is 6.92 Å². The molecule has 2 saturated heterocycles. The second-order valence-electron chi connectivity index (χ2n) is 9.74. The van der Waals surface area contributed by atoms with Crippen LogP contribution in [0.15, 0.2) is 18.2 Å². The van der Waals surface area contributed by atoms with Gasteiger partial charge >= 0.3 is 0 Å². The quantitative estimate of drug-likeness (QED) is 0.753. The van der Waals surface area contributed by atoms with Crippen molar-refractivity contribution in [1.82, 2.24) is 19.8 Å². The van der Waals surface area contributed by atoms with Crippen LogP contribution in [0.1, 0.15) is 66.9 Å². The van der Waals surface area contributed by atoms with Crippen LogP contribution in [0.25, 0.3) is 0 Å². The van der Waals surface area contributed by atoms with Crippen LogP contribution in [0.4, 0.5) is 11.5 Å². The Balaban J connectivity index is 1.37. The third-order valence-corrected chi connectivity index (χ3v) is 7.52. The van der Waals surface area contributed by atoms with Gasteiger partial charge in [-0.15, -0.1) is 0 Å². The first-order chi connectivity index (χ1) is 16.0. The first kappa shape index (κ1) is 22.1. The molecule has 3 aliphatic heterocycles. The molecule has 4 heterocycles. The maximum atomic E-state index is 12.0. The number of aryl methyl sites for hydroxylation is 1. The Hall–Kier alpha value is -2.67. The van der Waals surface area contributed by atoms with Crippen molar-refractivity contribution in [3.63, 3.8) is 0 Å². The van der Waals surface area contributed by atoms with E-state index in [9.17, 15) is 4.79 Å². The summed E-state index contributed by atoms with van der Waals surface area (Å²) in [5, 5.41) is 3.29. The number of carbonyl (C=O) groups is 1. The van der Waals surface area contributed by atoms with Crippen LogP contribution in [0.3, 0.4) is 0 Å². The van der Waals surface area contributed by atoms with Gasteiger partial charge in [0.05, 0.1) is 18.3 Å². The molecule has 0 unspecified atom stereocenters. The van der Waals surface area contributed by atoms with Crippen LogP contribution in [0.5, 0.6) is 0 Å². The molecule has 7 heteroatoms. The van der Waals surface area contributed by atoms with Gasteiger partial charge in [-0.25, -0.2) is 9.97 Å². The molecule has 5 rings (SSSR count). The highest BCUT2D eigenvalue weighted by molar-refractivity contribution is 5.73. The summed E-state index contributed by atoms with van der Waals surface area (Å²) in [4.78, 5) is 28.9. The van der Waals surface area contributed by atoms with Gasteiger partial charge in [0, 0.05) is 51.4 Å². The van der Waals surface area contributed by atoms with E-state index in [2.05, 4.69) is 40.2 Å². The Morgan fingerprint density at radius 2 is 1.94 bits per heavy atom. The molecule has 0 radical (unpaired) electrons. The van der Waals surface area contributed by atoms with E-state index in [4.69, 9.17) is 9.97 Å². The molecule has 1 aromatic heterocycles. The summed E-state index contributed by atoms with van der Waals surface area (Å²) in [5.41, 5.74) is 6.29. The van der Waals surface area contributed by atoms with Gasteiger partial charge in [0.1, 0.15) is 11.6 Å². The summed E-state index contributed by atoms with van der Waals surface area (Å²) in [6.45, 7) is 9.54. The summed E-state index contributed by atoms with van der Waals surface area (Å²) in [6, 6.07) is 7.19. The Labute approximate surface area is 197 Å². The van der Waals surface area contributed by atoms with Crippen molar-refractivity contribution in [3.05, 3.63) is 46.4 Å². The predicted octanol–water partition coefficient (Wildman–Crippen LogP) is 3.67. The van der Waals surface area contributed by atoms with Crippen molar-refractivity contribution in [2.45, 2.75) is 65.1 Å². The first-order valence-corrected chi connectivity index (χ1v) is 12.4. The van der Waals surface area contributed by atoms with Gasteiger partial charge in [-0.1, -0.05) is 12.1 Å². The maximum Gasteiger partial charge on any atom is 0.219 e. The topological polar surface area (TPSA) is 64.6 Å². The Morgan fingerprint density at radius 3 is 2.67 bits per heavy atom. The molecule has 1 N–H and O–H groups in total. The normalized spacial score (nSPS) is 20.9. The number of nitrogens with zero attached hydrogens (tertiary/aromatic N) is 5. The molecular formula is C26H36N6O. The van der Waals surface area contributed by atoms with E-state index in [0.29, 0.717) is 6.54 Å². The third-order valence-electron chi connectivity index (χ3n) is 7.52. The first-order valence-electron chi connectivity index (χ1n) is 12.4. The van der Waals surface area contributed by atoms with Crippen molar-refractivity contribution in [3.8, 4) is 0 Å². The van der Waals surface area contributed by atoms with Crippen LogP contribution in [0, 0.1) is 6.92 Å². The lowest BCUT2D eigenvalue weighted by atomic mass is 10.0. The van der Waals surface area contributed by atoms with E-state index in [1.165, 1.54) is 42.7 Å². The fraction of sp³-hybridized carbons (Fsp3) is 0.577. The van der Waals surface area contributed by atoms with E-state index >= 15 is 0 Å². The highest BCUT2D eigenvalue weighted by atomic mass is 16.2. The van der Waals surface area contributed by atoms with Crippen molar-refractivity contribution < 1.29 is 4.79 Å². The summed E-state index contributed by atoms with van der Waals surface area (Å²) in [6.07, 6.45) is 5.64. The van der Waals surface area contributed by atoms with Crippen molar-refractivity contribution in [1.29, 1.82) is 0 Å². The number of amides is 1. The van der Waals surface area contributed by atoms with Gasteiger partial charge in [0.2, 0.25) is 5.91 Å². The zero-order chi connectivity index (χ0) is 22.9. The zero-order valence-electron chi connectivity index (χ0n) is 20.2. The molecule has 1 aromatic carbocycles. The van der Waals surface area contributed by atoms with Gasteiger partial charge in [-0.05, 0) is 62.8 Å². The minimum absolute atomic E-state index is 0.113. The smallest absolute Gasteiger partial charge is 0.219 e. The molecule has 3 aliphatic rings. The number of benzene rings is 1. The average molecular weight is 449 g/mol. The molecule has 2 fully saturated rings. The Bertz CT molecular complexity index is 1030. The summed E-state index contributed by atoms with van der Waals surface area (Å²) >= 11 is 0. The lowest BCUT2D eigenvalue weighted by molar-refractivity contribution is -0.129. The van der Waals surface area contributed by atoms with Crippen LogP contribution in [-0.2, 0) is 24.3 Å². The lowest BCUT2D eigenvalue weighted by Gasteiger charge is -2.30. The number of rotatable bonds is 5. The summed E-state index contributed by atoms with van der Waals surface area (Å²) in [5.74, 6) is 1.93. The SMILES string of the molecule is CNc1nc([C@@H]2CCCN2Cc2ccc(N3CCCC3)c(C)c2)nc2c1CCN(C(C)=O)C2. The van der Waals surface area contributed by atoms with Crippen molar-refractivity contribution in [2.75, 3.05) is 43.4 Å². The van der Waals surface area contributed by atoms with Gasteiger partial charge < -0.3 is 15.1 Å². The third kappa shape index (κ3) is 4.43. The standard InChI is InChI=1S/C26H36N6O/c1-18-15-20(8-9-23(18)30-11-4-5-12-30)16-32-13-6-7-24(32)26-28-22-17-31(19(2)33)14-10-21(22)25(27-3)29-26/h8-9,15,24H,4-7,10-14,16-17H2,1-3H3,(H,27,28,29)/t24-/m0/s1. The van der Waals surface area contributed by atoms with E-state index in [1.807, 2.05) is 11.9 Å². The summed E-state index contributed by atoms with van der Waals surface area (Å²) < 4.78 is 0. The zero-order valence-corrected chi connectivity index (χ0v) is 20.2. The Morgan fingerprint density at radius 1 is 1.12 bits per heavy atom. The second-order valence-corrected chi connectivity index (χ2v) is 9.74. The highest BCUT2D eigenvalue weighted by Gasteiger charge is 2.31. The van der Waals surface area contributed by atoms with Crippen molar-refractivity contribution >= 4 is 17.4 Å². The van der Waals surface area contributed by atoms with E-state index in [0.717, 1.165) is 61.8 Å². The highest BCUT2D eigenvalue weighted by Crippen LogP contribution is 2.35. The lowest BCUT2D eigenvalue weighted by Crippen LogP contribution is -2.36. The molecule has 33 heavy (non-hydrogen) atoms. The molecule has 1 atom stereocenters. The number of likely N-dealkylation sites (tertiary alicyclic amines) is 1. The molecule has 0 saturated carbocycles. The van der Waals surface area contributed by atoms with Crippen LogP contribution >= 0.6 is 0 Å². The second kappa shape index (κ2) is 9.29. The number of fused-ring (bicyclic) bond motifs is 1. The molecule has 1 amide bonds. The average Bonchev–Trinajstić information content (AvgIpc) is 3.50. The van der Waals surface area contributed by atoms with Crippen LogP contribution in [0.2, 0.25) is 0 Å². The number of hydrogen-bond acceptors (Lipinski definition) is 6. The largest absolute Gasteiger partial charge is 0.373 e. The molecule has 0 spiro atoms. The predicted molar refractivity (Wildman–Crippen MR) is 131 cm³/mol. The summed E-state index contributed by atoms with van der Waals surface area (Å²) in [7, 11) is 1.93.